The van der Waals surface area contributed by atoms with Crippen LogP contribution in [0.4, 0.5) is 17.3 Å². The molecule has 1 atom stereocenters. The van der Waals surface area contributed by atoms with Crippen LogP contribution in [0.25, 0.3) is 0 Å². The van der Waals surface area contributed by atoms with Crippen LogP contribution in [0.15, 0.2) is 12.1 Å². The van der Waals surface area contributed by atoms with E-state index < -0.39 is 4.92 Å². The van der Waals surface area contributed by atoms with Crippen LogP contribution >= 0.6 is 0 Å². The Labute approximate surface area is 103 Å². The number of aromatic nitrogens is 1. The van der Waals surface area contributed by atoms with Gasteiger partial charge in [-0.15, -0.1) is 0 Å². The number of nitrogens with two attached hydrogens (primary N) is 1. The Morgan fingerprint density at radius 1 is 1.67 bits per heavy atom. The van der Waals surface area contributed by atoms with Gasteiger partial charge in [0.2, 0.25) is 5.82 Å². The van der Waals surface area contributed by atoms with Gasteiger partial charge < -0.3 is 20.5 Å². The summed E-state index contributed by atoms with van der Waals surface area (Å²) in [4.78, 5) is 16.1. The molecule has 0 saturated carbocycles. The molecule has 1 aromatic rings. The van der Waals surface area contributed by atoms with E-state index in [-0.39, 0.29) is 30.0 Å². The Morgan fingerprint density at radius 3 is 3.11 bits per heavy atom. The predicted molar refractivity (Wildman–Crippen MR) is 64.3 cm³/mol. The molecule has 2 rings (SSSR count). The topological polar surface area (TPSA) is 115 Å². The minimum Gasteiger partial charge on any atom is -0.394 e. The summed E-state index contributed by atoms with van der Waals surface area (Å²) in [6.07, 6.45) is 0. The molecule has 3 N–H and O–H groups in total. The normalized spacial score (nSPS) is 19.8. The number of hydrogen-bond donors (Lipinski definition) is 2. The van der Waals surface area contributed by atoms with Crippen LogP contribution in [0, 0.1) is 10.1 Å². The fourth-order valence-corrected chi connectivity index (χ4v) is 1.89. The van der Waals surface area contributed by atoms with Crippen molar-refractivity contribution in [1.82, 2.24) is 4.98 Å². The van der Waals surface area contributed by atoms with Crippen molar-refractivity contribution in [3.63, 3.8) is 0 Å². The quantitative estimate of drug-likeness (QED) is 0.565. The fourth-order valence-electron chi connectivity index (χ4n) is 1.89. The number of anilines is 2. The van der Waals surface area contributed by atoms with E-state index in [1.807, 2.05) is 0 Å². The molecule has 18 heavy (non-hydrogen) atoms. The molecular formula is C10H14N4O4. The van der Waals surface area contributed by atoms with Gasteiger partial charge in [0.05, 0.1) is 30.8 Å². The van der Waals surface area contributed by atoms with Crippen molar-refractivity contribution in [2.75, 3.05) is 37.0 Å². The van der Waals surface area contributed by atoms with E-state index in [0.29, 0.717) is 19.8 Å². The summed E-state index contributed by atoms with van der Waals surface area (Å²) < 4.78 is 5.22. The first-order chi connectivity index (χ1) is 8.63. The predicted octanol–water partition coefficient (Wildman–Crippen LogP) is -0.231. The summed E-state index contributed by atoms with van der Waals surface area (Å²) in [7, 11) is 0. The Kier molecular flexibility index (Phi) is 3.58. The molecule has 1 aliphatic rings. The second-order valence-corrected chi connectivity index (χ2v) is 3.94. The maximum Gasteiger partial charge on any atom is 0.311 e. The summed E-state index contributed by atoms with van der Waals surface area (Å²) in [5.41, 5.74) is 5.45. The first-order valence-electron chi connectivity index (χ1n) is 5.49. The third-order valence-electron chi connectivity index (χ3n) is 2.78. The van der Waals surface area contributed by atoms with E-state index in [9.17, 15) is 15.2 Å². The second kappa shape index (κ2) is 5.15. The maximum absolute atomic E-state index is 11.0. The van der Waals surface area contributed by atoms with Gasteiger partial charge >= 0.3 is 5.69 Å². The molecule has 0 spiro atoms. The Balaban J connectivity index is 2.41. The van der Waals surface area contributed by atoms with E-state index in [0.717, 1.165) is 0 Å². The molecule has 8 nitrogen and oxygen atoms in total. The lowest BCUT2D eigenvalue weighted by Gasteiger charge is -2.34. The monoisotopic (exact) mass is 254 g/mol. The third-order valence-corrected chi connectivity index (χ3v) is 2.78. The lowest BCUT2D eigenvalue weighted by Crippen LogP contribution is -2.48. The van der Waals surface area contributed by atoms with E-state index in [1.165, 1.54) is 12.1 Å². The Hall–Kier alpha value is -1.93. The van der Waals surface area contributed by atoms with Gasteiger partial charge in [0.15, 0.2) is 0 Å². The van der Waals surface area contributed by atoms with Crippen LogP contribution in [0.2, 0.25) is 0 Å². The maximum atomic E-state index is 11.0. The Morgan fingerprint density at radius 2 is 2.44 bits per heavy atom. The zero-order valence-corrected chi connectivity index (χ0v) is 9.65. The zero-order valence-electron chi connectivity index (χ0n) is 9.65. The number of morpholine rings is 1. The van der Waals surface area contributed by atoms with Crippen molar-refractivity contribution >= 4 is 17.3 Å². The third kappa shape index (κ3) is 2.34. The standard InChI is InChI=1S/C10H14N4O4/c11-9-2-1-8(14(16)17)10(12-9)13-3-4-18-6-7(13)5-15/h1-2,7,15H,3-6H2,(H2,11,12). The molecule has 1 fully saturated rings. The van der Waals surface area contributed by atoms with Crippen LogP contribution < -0.4 is 10.6 Å². The summed E-state index contributed by atoms with van der Waals surface area (Å²) in [5, 5.41) is 20.2. The molecule has 1 saturated heterocycles. The molecule has 0 radical (unpaired) electrons. The highest BCUT2D eigenvalue weighted by Gasteiger charge is 2.29. The van der Waals surface area contributed by atoms with Gasteiger partial charge in [0.25, 0.3) is 0 Å². The number of aliphatic hydroxyl groups excluding tert-OH is 1. The van der Waals surface area contributed by atoms with Crippen molar-refractivity contribution in [3.8, 4) is 0 Å². The first-order valence-corrected chi connectivity index (χ1v) is 5.49. The molecule has 8 heteroatoms. The first kappa shape index (κ1) is 12.5. The Bertz CT molecular complexity index is 454. The molecule has 0 aliphatic carbocycles. The van der Waals surface area contributed by atoms with Crippen molar-refractivity contribution in [1.29, 1.82) is 0 Å². The highest BCUT2D eigenvalue weighted by atomic mass is 16.6. The minimum absolute atomic E-state index is 0.121. The van der Waals surface area contributed by atoms with Crippen LogP contribution in [0.5, 0.6) is 0 Å². The second-order valence-electron chi connectivity index (χ2n) is 3.94. The average Bonchev–Trinajstić information content (AvgIpc) is 2.38. The number of rotatable bonds is 3. The summed E-state index contributed by atoms with van der Waals surface area (Å²) in [5.74, 6) is 0.390. The SMILES string of the molecule is Nc1ccc([N+](=O)[O-])c(N2CCOCC2CO)n1. The highest BCUT2D eigenvalue weighted by Crippen LogP contribution is 2.29. The smallest absolute Gasteiger partial charge is 0.311 e. The van der Waals surface area contributed by atoms with E-state index in [2.05, 4.69) is 4.98 Å². The lowest BCUT2D eigenvalue weighted by molar-refractivity contribution is -0.384. The fraction of sp³-hybridized carbons (Fsp3) is 0.500. The summed E-state index contributed by atoms with van der Waals surface area (Å²) in [6.45, 7) is 1.02. The van der Waals surface area contributed by atoms with Crippen molar-refractivity contribution < 1.29 is 14.8 Å². The van der Waals surface area contributed by atoms with Gasteiger partial charge in [-0.3, -0.25) is 10.1 Å². The van der Waals surface area contributed by atoms with Crippen molar-refractivity contribution in [3.05, 3.63) is 22.2 Å². The molecule has 98 valence electrons. The number of nitrogens with zero attached hydrogens (tertiary/aromatic N) is 3. The van der Waals surface area contributed by atoms with Gasteiger partial charge in [-0.2, -0.15) is 0 Å². The number of ether oxygens (including phenoxy) is 1. The molecule has 0 amide bonds. The van der Waals surface area contributed by atoms with Crippen LogP contribution in [0.1, 0.15) is 0 Å². The van der Waals surface area contributed by atoms with Gasteiger partial charge in [-0.1, -0.05) is 0 Å². The minimum atomic E-state index is -0.508. The molecule has 0 aromatic carbocycles. The summed E-state index contributed by atoms with van der Waals surface area (Å²) in [6, 6.07) is 2.36. The van der Waals surface area contributed by atoms with E-state index in [1.54, 1.807) is 4.90 Å². The van der Waals surface area contributed by atoms with E-state index in [4.69, 9.17) is 10.5 Å². The molecule has 1 aliphatic heterocycles. The van der Waals surface area contributed by atoms with Gasteiger partial charge in [0.1, 0.15) is 5.82 Å². The molecule has 0 bridgehead atoms. The average molecular weight is 254 g/mol. The highest BCUT2D eigenvalue weighted by molar-refractivity contribution is 5.61. The van der Waals surface area contributed by atoms with Crippen molar-refractivity contribution in [2.45, 2.75) is 6.04 Å². The molecule has 1 unspecified atom stereocenters. The molecule has 2 heterocycles. The lowest BCUT2D eigenvalue weighted by atomic mass is 10.2. The molecule has 1 aromatic heterocycles. The zero-order chi connectivity index (χ0) is 13.1. The van der Waals surface area contributed by atoms with Crippen molar-refractivity contribution in [2.24, 2.45) is 0 Å². The number of pyridine rings is 1. The number of nitro groups is 1. The van der Waals surface area contributed by atoms with Crippen LogP contribution in [-0.4, -0.2) is 47.4 Å². The van der Waals surface area contributed by atoms with Gasteiger partial charge in [-0.05, 0) is 6.07 Å². The van der Waals surface area contributed by atoms with Crippen LogP contribution in [0.3, 0.4) is 0 Å². The van der Waals surface area contributed by atoms with Crippen LogP contribution in [-0.2, 0) is 4.74 Å². The van der Waals surface area contributed by atoms with Gasteiger partial charge in [0, 0.05) is 12.6 Å². The van der Waals surface area contributed by atoms with Gasteiger partial charge in [-0.25, -0.2) is 4.98 Å². The number of nitrogen functional groups attached to an aromatic ring is 1. The summed E-state index contributed by atoms with van der Waals surface area (Å²) >= 11 is 0. The largest absolute Gasteiger partial charge is 0.394 e. The number of aliphatic hydroxyl groups is 1. The molecular weight excluding hydrogens is 240 g/mol. The van der Waals surface area contributed by atoms with E-state index >= 15 is 0 Å². The number of hydrogen-bond acceptors (Lipinski definition) is 7.